The molecule has 0 fully saturated rings. The summed E-state index contributed by atoms with van der Waals surface area (Å²) in [6.45, 7) is 0. The normalized spacial score (nSPS) is 9.33. The van der Waals surface area contributed by atoms with E-state index in [1.807, 2.05) is 0 Å². The molecule has 0 atom stereocenters. The van der Waals surface area contributed by atoms with Gasteiger partial charge in [0.15, 0.2) is 6.33 Å². The van der Waals surface area contributed by atoms with Crippen molar-refractivity contribution in [3.8, 4) is 0 Å². The molecule has 8 heteroatoms. The first-order valence-corrected chi connectivity index (χ1v) is 2.68. The molecule has 8 nitrogen and oxygen atoms in total. The minimum atomic E-state index is -1.43. The predicted molar refractivity (Wildman–Crippen MR) is 33.4 cm³/mol. The molecular formula is C4H2N4O4. The molecule has 1 N–H and O–H groups in total. The minimum Gasteiger partial charge on any atom is -0.474 e. The monoisotopic (exact) mass is 170 g/mol. The minimum absolute atomic E-state index is 0.642. The van der Waals surface area contributed by atoms with Gasteiger partial charge in [-0.3, -0.25) is 0 Å². The molecule has 0 aromatic carbocycles. The average Bonchev–Trinajstić information content (AvgIpc) is 2.04. The molecule has 0 bridgehead atoms. The molecule has 0 spiro atoms. The van der Waals surface area contributed by atoms with Crippen molar-refractivity contribution in [1.82, 2.24) is 15.0 Å². The lowest BCUT2D eigenvalue weighted by Gasteiger charge is -1.89. The Balaban J connectivity index is 3.12. The number of hydrogen-bond acceptors (Lipinski definition) is 6. The predicted octanol–water partition coefficient (Wildman–Crippen LogP) is -0.522. The van der Waals surface area contributed by atoms with Crippen LogP contribution in [0.5, 0.6) is 0 Å². The molecule has 0 aliphatic rings. The fourth-order valence-electron chi connectivity index (χ4n) is 0.479. The highest BCUT2D eigenvalue weighted by Crippen LogP contribution is 1.99. The highest BCUT2D eigenvalue weighted by atomic mass is 16.6. The summed E-state index contributed by atoms with van der Waals surface area (Å²) in [4.78, 5) is 28.7. The van der Waals surface area contributed by atoms with Gasteiger partial charge in [-0.25, -0.2) is 4.79 Å². The molecule has 0 saturated carbocycles. The van der Waals surface area contributed by atoms with Gasteiger partial charge in [0.05, 0.1) is 0 Å². The van der Waals surface area contributed by atoms with Gasteiger partial charge in [0, 0.05) is 0 Å². The molecular weight excluding hydrogens is 168 g/mol. The topological polar surface area (TPSA) is 119 Å². The van der Waals surface area contributed by atoms with Crippen LogP contribution in [0.25, 0.3) is 0 Å². The Morgan fingerprint density at radius 2 is 2.25 bits per heavy atom. The number of carboxylic acids is 1. The summed E-state index contributed by atoms with van der Waals surface area (Å²) < 4.78 is 0. The van der Waals surface area contributed by atoms with Gasteiger partial charge in [-0.1, -0.05) is 4.98 Å². The lowest BCUT2D eigenvalue weighted by molar-refractivity contribution is -0.394. The fourth-order valence-corrected chi connectivity index (χ4v) is 0.479. The van der Waals surface area contributed by atoms with Crippen LogP contribution in [0.4, 0.5) is 5.95 Å². The number of carboxylic acid groups (broad SMARTS) is 1. The fraction of sp³-hybridized carbons (Fsp3) is 0. The van der Waals surface area contributed by atoms with Crippen LogP contribution in [0.15, 0.2) is 6.33 Å². The van der Waals surface area contributed by atoms with Crippen LogP contribution >= 0.6 is 0 Å². The lowest BCUT2D eigenvalue weighted by atomic mass is 10.6. The summed E-state index contributed by atoms with van der Waals surface area (Å²) in [5.74, 6) is -2.85. The van der Waals surface area contributed by atoms with Crippen LogP contribution < -0.4 is 0 Å². The summed E-state index contributed by atoms with van der Waals surface area (Å²) in [5.41, 5.74) is 0. The van der Waals surface area contributed by atoms with Crippen molar-refractivity contribution in [2.75, 3.05) is 0 Å². The zero-order valence-electron chi connectivity index (χ0n) is 5.54. The number of nitro groups is 1. The van der Waals surface area contributed by atoms with E-state index in [1.165, 1.54) is 0 Å². The second kappa shape index (κ2) is 2.86. The van der Waals surface area contributed by atoms with Crippen molar-refractivity contribution >= 4 is 11.9 Å². The van der Waals surface area contributed by atoms with E-state index < -0.39 is 22.7 Å². The van der Waals surface area contributed by atoms with E-state index in [-0.39, 0.29) is 0 Å². The quantitative estimate of drug-likeness (QED) is 0.468. The zero-order chi connectivity index (χ0) is 9.14. The van der Waals surface area contributed by atoms with Crippen LogP contribution in [0.1, 0.15) is 10.6 Å². The average molecular weight is 170 g/mol. The molecule has 1 heterocycles. The van der Waals surface area contributed by atoms with Gasteiger partial charge < -0.3 is 15.2 Å². The highest BCUT2D eigenvalue weighted by Gasteiger charge is 2.16. The van der Waals surface area contributed by atoms with Crippen LogP contribution in [0, 0.1) is 10.1 Å². The molecule has 1 aromatic rings. The second-order valence-electron chi connectivity index (χ2n) is 1.67. The smallest absolute Gasteiger partial charge is 0.472 e. The van der Waals surface area contributed by atoms with E-state index in [0.717, 1.165) is 6.33 Å². The molecule has 0 amide bonds. The maximum absolute atomic E-state index is 10.2. The Labute approximate surface area is 65.1 Å². The van der Waals surface area contributed by atoms with Gasteiger partial charge in [-0.15, -0.1) is 0 Å². The van der Waals surface area contributed by atoms with E-state index in [0.29, 0.717) is 0 Å². The first kappa shape index (κ1) is 7.98. The zero-order valence-corrected chi connectivity index (χ0v) is 5.54. The van der Waals surface area contributed by atoms with Gasteiger partial charge in [-0.2, -0.15) is 4.98 Å². The molecule has 0 aliphatic carbocycles. The van der Waals surface area contributed by atoms with Crippen LogP contribution in [0.2, 0.25) is 0 Å². The van der Waals surface area contributed by atoms with E-state index in [9.17, 15) is 14.9 Å². The van der Waals surface area contributed by atoms with Crippen LogP contribution in [-0.4, -0.2) is 31.0 Å². The molecule has 0 radical (unpaired) electrons. The SMILES string of the molecule is O=C(O)c1ncnc([N+](=O)[O-])n1. The Hall–Kier alpha value is -2.12. The van der Waals surface area contributed by atoms with Crippen molar-refractivity contribution in [2.24, 2.45) is 0 Å². The third kappa shape index (κ3) is 1.48. The number of nitrogens with zero attached hydrogens (tertiary/aromatic N) is 4. The molecule has 0 saturated heterocycles. The van der Waals surface area contributed by atoms with Crippen molar-refractivity contribution < 1.29 is 14.8 Å². The number of aromatic carboxylic acids is 1. The first-order valence-electron chi connectivity index (χ1n) is 2.68. The van der Waals surface area contributed by atoms with Gasteiger partial charge in [0.25, 0.3) is 0 Å². The molecule has 1 aromatic heterocycles. The number of aromatic nitrogens is 3. The van der Waals surface area contributed by atoms with Crippen molar-refractivity contribution in [3.05, 3.63) is 22.3 Å². The maximum Gasteiger partial charge on any atom is 0.472 e. The number of hydrogen-bond donors (Lipinski definition) is 1. The molecule has 0 unspecified atom stereocenters. The molecule has 12 heavy (non-hydrogen) atoms. The van der Waals surface area contributed by atoms with E-state index in [2.05, 4.69) is 15.0 Å². The number of carbonyl (C=O) groups is 1. The summed E-state index contributed by atoms with van der Waals surface area (Å²) >= 11 is 0. The van der Waals surface area contributed by atoms with E-state index >= 15 is 0 Å². The summed E-state index contributed by atoms with van der Waals surface area (Å²) in [7, 11) is 0. The third-order valence-corrected chi connectivity index (χ3v) is 0.914. The highest BCUT2D eigenvalue weighted by molar-refractivity contribution is 5.83. The van der Waals surface area contributed by atoms with Crippen molar-refractivity contribution in [1.29, 1.82) is 0 Å². The lowest BCUT2D eigenvalue weighted by Crippen LogP contribution is -2.07. The Morgan fingerprint density at radius 3 is 2.75 bits per heavy atom. The first-order chi connectivity index (χ1) is 5.61. The summed E-state index contributed by atoms with van der Waals surface area (Å²) in [5, 5.41) is 18.4. The second-order valence-corrected chi connectivity index (χ2v) is 1.67. The van der Waals surface area contributed by atoms with Crippen molar-refractivity contribution in [3.63, 3.8) is 0 Å². The molecule has 0 aliphatic heterocycles. The standard InChI is InChI=1S/C4H2N4O4/c9-3(10)2-5-1-6-4(7-2)8(11)12/h1H,(H,9,10). The maximum atomic E-state index is 10.2. The molecule has 62 valence electrons. The summed E-state index contributed by atoms with van der Waals surface area (Å²) in [6, 6.07) is 0. The Morgan fingerprint density at radius 1 is 1.58 bits per heavy atom. The third-order valence-electron chi connectivity index (χ3n) is 0.914. The van der Waals surface area contributed by atoms with Gasteiger partial charge in [0.1, 0.15) is 0 Å². The Bertz CT molecular complexity index is 308. The van der Waals surface area contributed by atoms with Crippen LogP contribution in [-0.2, 0) is 0 Å². The van der Waals surface area contributed by atoms with Gasteiger partial charge in [-0.05, 0) is 9.91 Å². The van der Waals surface area contributed by atoms with Crippen LogP contribution in [0.3, 0.4) is 0 Å². The van der Waals surface area contributed by atoms with Gasteiger partial charge in [0.2, 0.25) is 0 Å². The van der Waals surface area contributed by atoms with E-state index in [1.54, 1.807) is 0 Å². The molecule has 1 rings (SSSR count). The van der Waals surface area contributed by atoms with Crippen molar-refractivity contribution in [2.45, 2.75) is 0 Å². The number of rotatable bonds is 2. The largest absolute Gasteiger partial charge is 0.474 e. The van der Waals surface area contributed by atoms with Gasteiger partial charge >= 0.3 is 17.7 Å². The summed E-state index contributed by atoms with van der Waals surface area (Å²) in [6.07, 6.45) is 0.772. The Kier molecular flexibility index (Phi) is 1.90. The van der Waals surface area contributed by atoms with E-state index in [4.69, 9.17) is 5.11 Å².